The summed E-state index contributed by atoms with van der Waals surface area (Å²) >= 11 is 3.08. The molecule has 156 valence electrons. The Bertz CT molecular complexity index is 1010. The van der Waals surface area contributed by atoms with Crippen LogP contribution in [0.25, 0.3) is 9.88 Å². The number of benzene rings is 1. The Morgan fingerprint density at radius 3 is 2.67 bits per heavy atom. The number of aromatic nitrogens is 1. The summed E-state index contributed by atoms with van der Waals surface area (Å²) in [4.78, 5) is 32.0. The van der Waals surface area contributed by atoms with Gasteiger partial charge in [0.1, 0.15) is 10.7 Å². The van der Waals surface area contributed by atoms with Gasteiger partial charge in [-0.1, -0.05) is 18.2 Å². The van der Waals surface area contributed by atoms with Crippen molar-refractivity contribution in [1.82, 2.24) is 10.3 Å². The van der Waals surface area contributed by atoms with Crippen molar-refractivity contribution in [2.45, 2.75) is 18.9 Å². The molecule has 0 saturated carbocycles. The van der Waals surface area contributed by atoms with Gasteiger partial charge in [-0.2, -0.15) is 0 Å². The molecule has 0 aliphatic carbocycles. The second-order valence-electron chi connectivity index (χ2n) is 6.88. The quantitative estimate of drug-likeness (QED) is 0.610. The molecule has 1 aliphatic rings. The molecule has 2 amide bonds. The fraction of sp³-hybridized carbons (Fsp3) is 0.286. The van der Waals surface area contributed by atoms with E-state index < -0.39 is 6.09 Å². The van der Waals surface area contributed by atoms with Crippen LogP contribution in [0.5, 0.6) is 0 Å². The molecule has 0 spiro atoms. The largest absolute Gasteiger partial charge is 0.453 e. The zero-order valence-corrected chi connectivity index (χ0v) is 18.1. The van der Waals surface area contributed by atoms with Gasteiger partial charge in [0, 0.05) is 24.5 Å². The molecule has 4 rings (SSSR count). The van der Waals surface area contributed by atoms with E-state index in [0.717, 1.165) is 47.2 Å². The summed E-state index contributed by atoms with van der Waals surface area (Å²) < 4.78 is 4.68. The molecule has 0 radical (unpaired) electrons. The van der Waals surface area contributed by atoms with Crippen LogP contribution in [-0.4, -0.2) is 43.2 Å². The highest BCUT2D eigenvalue weighted by Crippen LogP contribution is 2.30. The van der Waals surface area contributed by atoms with Crippen LogP contribution in [0, 0.1) is 0 Å². The van der Waals surface area contributed by atoms with Gasteiger partial charge in [0.2, 0.25) is 0 Å². The molecule has 1 fully saturated rings. The van der Waals surface area contributed by atoms with Crippen molar-refractivity contribution in [1.29, 1.82) is 0 Å². The van der Waals surface area contributed by atoms with Crippen molar-refractivity contribution in [3.8, 4) is 9.88 Å². The highest BCUT2D eigenvalue weighted by Gasteiger charge is 2.23. The number of thiazole rings is 1. The first-order valence-corrected chi connectivity index (χ1v) is 11.4. The molecule has 1 saturated heterocycles. The van der Waals surface area contributed by atoms with Crippen LogP contribution in [-0.2, 0) is 4.74 Å². The number of rotatable bonds is 5. The van der Waals surface area contributed by atoms with Crippen LogP contribution < -0.4 is 15.5 Å². The normalized spacial score (nSPS) is 14.4. The van der Waals surface area contributed by atoms with Gasteiger partial charge < -0.3 is 20.3 Å². The lowest BCUT2D eigenvalue weighted by Gasteiger charge is -2.34. The number of ether oxygens (including phenoxy) is 1. The number of anilines is 2. The summed E-state index contributed by atoms with van der Waals surface area (Å²) in [7, 11) is 1.37. The lowest BCUT2D eigenvalue weighted by molar-refractivity contribution is 0.102. The molecule has 3 heterocycles. The summed E-state index contributed by atoms with van der Waals surface area (Å²) in [6, 6.07) is 11.8. The van der Waals surface area contributed by atoms with Gasteiger partial charge in [0.25, 0.3) is 5.91 Å². The number of hydrogen-bond acceptors (Lipinski definition) is 7. The summed E-state index contributed by atoms with van der Waals surface area (Å²) in [6.07, 6.45) is 1.23. The second-order valence-corrected chi connectivity index (χ2v) is 8.69. The molecule has 9 heteroatoms. The first-order chi connectivity index (χ1) is 14.6. The third-order valence-corrected chi connectivity index (χ3v) is 6.85. The highest BCUT2D eigenvalue weighted by atomic mass is 32.1. The number of para-hydroxylation sites is 2. The lowest BCUT2D eigenvalue weighted by Crippen LogP contribution is -2.44. The van der Waals surface area contributed by atoms with Gasteiger partial charge >= 0.3 is 6.09 Å². The average molecular weight is 443 g/mol. The van der Waals surface area contributed by atoms with Crippen molar-refractivity contribution >= 4 is 46.0 Å². The minimum absolute atomic E-state index is 0.0983. The van der Waals surface area contributed by atoms with Crippen LogP contribution in [0.4, 0.5) is 16.2 Å². The maximum atomic E-state index is 12.8. The van der Waals surface area contributed by atoms with E-state index in [4.69, 9.17) is 0 Å². The number of methoxy groups -OCH3 is 1. The minimum Gasteiger partial charge on any atom is -0.453 e. The lowest BCUT2D eigenvalue weighted by atomic mass is 10.0. The Hall–Kier alpha value is -2.91. The Labute approximate surface area is 182 Å². The number of carbonyl (C=O) groups excluding carboxylic acids is 2. The first kappa shape index (κ1) is 20.4. The molecule has 0 atom stereocenters. The van der Waals surface area contributed by atoms with E-state index in [1.807, 2.05) is 41.8 Å². The van der Waals surface area contributed by atoms with Crippen molar-refractivity contribution in [3.05, 3.63) is 52.9 Å². The van der Waals surface area contributed by atoms with Gasteiger partial charge in [-0.15, -0.1) is 22.7 Å². The third-order valence-electron chi connectivity index (χ3n) is 4.96. The van der Waals surface area contributed by atoms with Gasteiger partial charge in [0.15, 0.2) is 0 Å². The van der Waals surface area contributed by atoms with Gasteiger partial charge in [-0.3, -0.25) is 4.79 Å². The molecule has 1 aromatic carbocycles. The number of hydrogen-bond donors (Lipinski definition) is 2. The topological polar surface area (TPSA) is 83.6 Å². The standard InChI is InChI=1S/C21H22N4O3S2/c1-28-21(27)22-14-8-10-25(11-9-14)17-6-3-2-5-15(17)23-19(26)16-13-30-20(24-16)18-7-4-12-29-18/h2-7,12-14H,8-11H2,1H3,(H,22,27)(H,23,26). The van der Waals surface area contributed by atoms with Crippen molar-refractivity contribution < 1.29 is 14.3 Å². The molecule has 2 N–H and O–H groups in total. The average Bonchev–Trinajstić information content (AvgIpc) is 3.47. The van der Waals surface area contributed by atoms with Gasteiger partial charge in [0.05, 0.1) is 23.4 Å². The number of alkyl carbamates (subject to hydrolysis) is 1. The minimum atomic E-state index is -0.397. The molecular formula is C21H22N4O3S2. The van der Waals surface area contributed by atoms with E-state index in [-0.39, 0.29) is 11.9 Å². The van der Waals surface area contributed by atoms with E-state index >= 15 is 0 Å². The van der Waals surface area contributed by atoms with E-state index in [9.17, 15) is 9.59 Å². The number of piperidine rings is 1. The van der Waals surface area contributed by atoms with Crippen molar-refractivity contribution in [2.75, 3.05) is 30.4 Å². The van der Waals surface area contributed by atoms with E-state index in [0.29, 0.717) is 5.69 Å². The maximum absolute atomic E-state index is 12.8. The maximum Gasteiger partial charge on any atom is 0.407 e. The number of thiophene rings is 1. The van der Waals surface area contributed by atoms with E-state index in [1.54, 1.807) is 16.7 Å². The molecule has 7 nitrogen and oxygen atoms in total. The monoisotopic (exact) mass is 442 g/mol. The Morgan fingerprint density at radius 1 is 1.13 bits per heavy atom. The zero-order chi connectivity index (χ0) is 20.9. The second kappa shape index (κ2) is 9.27. The molecule has 0 unspecified atom stereocenters. The number of nitrogens with one attached hydrogen (secondary N) is 2. The highest BCUT2D eigenvalue weighted by molar-refractivity contribution is 7.20. The Kier molecular flexibility index (Phi) is 6.29. The van der Waals surface area contributed by atoms with E-state index in [2.05, 4.69) is 25.3 Å². The summed E-state index contributed by atoms with van der Waals surface area (Å²) in [5.41, 5.74) is 2.14. The molecule has 30 heavy (non-hydrogen) atoms. The molecular weight excluding hydrogens is 420 g/mol. The SMILES string of the molecule is COC(=O)NC1CCN(c2ccccc2NC(=O)c2csc(-c3cccs3)n2)CC1. The molecule has 3 aromatic rings. The zero-order valence-electron chi connectivity index (χ0n) is 16.5. The van der Waals surface area contributed by atoms with Crippen LogP contribution >= 0.6 is 22.7 Å². The smallest absolute Gasteiger partial charge is 0.407 e. The Balaban J connectivity index is 1.43. The molecule has 2 aromatic heterocycles. The molecule has 1 aliphatic heterocycles. The van der Waals surface area contributed by atoms with Crippen molar-refractivity contribution in [2.24, 2.45) is 0 Å². The summed E-state index contributed by atoms with van der Waals surface area (Å²) in [5, 5.41) is 10.5. The predicted octanol–water partition coefficient (Wildman–Crippen LogP) is 4.45. The fourth-order valence-corrected chi connectivity index (χ4v) is 5.04. The van der Waals surface area contributed by atoms with Crippen LogP contribution in [0.1, 0.15) is 23.3 Å². The third kappa shape index (κ3) is 4.63. The van der Waals surface area contributed by atoms with E-state index in [1.165, 1.54) is 18.4 Å². The van der Waals surface area contributed by atoms with Crippen LogP contribution in [0.15, 0.2) is 47.2 Å². The van der Waals surface area contributed by atoms with Crippen molar-refractivity contribution in [3.63, 3.8) is 0 Å². The number of carbonyl (C=O) groups is 2. The molecule has 0 bridgehead atoms. The van der Waals surface area contributed by atoms with Gasteiger partial charge in [-0.05, 0) is 36.4 Å². The van der Waals surface area contributed by atoms with Crippen LogP contribution in [0.3, 0.4) is 0 Å². The number of nitrogens with zero attached hydrogens (tertiary/aromatic N) is 2. The first-order valence-electron chi connectivity index (χ1n) is 9.63. The summed E-state index contributed by atoms with van der Waals surface area (Å²) in [6.45, 7) is 1.56. The fourth-order valence-electron chi connectivity index (χ4n) is 3.42. The Morgan fingerprint density at radius 2 is 1.93 bits per heavy atom. The predicted molar refractivity (Wildman–Crippen MR) is 121 cm³/mol. The van der Waals surface area contributed by atoms with Gasteiger partial charge in [-0.25, -0.2) is 9.78 Å². The number of amides is 2. The van der Waals surface area contributed by atoms with Crippen LogP contribution in [0.2, 0.25) is 0 Å². The summed E-state index contributed by atoms with van der Waals surface area (Å²) in [5.74, 6) is -0.219.